The number of rotatable bonds is 5. The molecule has 0 radical (unpaired) electrons. The number of aromatic hydroxyl groups is 2. The van der Waals surface area contributed by atoms with Crippen LogP contribution in [-0.4, -0.2) is 40.5 Å². The van der Waals surface area contributed by atoms with Crippen molar-refractivity contribution in [2.24, 2.45) is 0 Å². The van der Waals surface area contributed by atoms with Gasteiger partial charge in [-0.25, -0.2) is 0 Å². The third-order valence-corrected chi connectivity index (χ3v) is 2.57. The summed E-state index contributed by atoms with van der Waals surface area (Å²) in [5.41, 5.74) is 0.301. The molecule has 0 spiro atoms. The molecule has 0 fully saturated rings. The van der Waals surface area contributed by atoms with Crippen molar-refractivity contribution < 1.29 is 24.9 Å². The Labute approximate surface area is 111 Å². The van der Waals surface area contributed by atoms with E-state index in [1.165, 1.54) is 25.2 Å². The van der Waals surface area contributed by atoms with Gasteiger partial charge in [0.15, 0.2) is 11.5 Å². The monoisotopic (exact) mass is 269 g/mol. The average Bonchev–Trinajstić information content (AvgIpc) is 2.32. The first-order valence-corrected chi connectivity index (χ1v) is 5.94. The van der Waals surface area contributed by atoms with Gasteiger partial charge >= 0.3 is 5.97 Å². The summed E-state index contributed by atoms with van der Waals surface area (Å²) in [5, 5.41) is 31.4. The second-order valence-electron chi connectivity index (χ2n) is 4.44. The number of likely N-dealkylation sites (N-methyl/N-ethyl adjacent to an activating group) is 1. The number of nitrogens with one attached hydrogen (secondary N) is 1. The largest absolute Gasteiger partial charge is 0.504 e. The first-order valence-electron chi connectivity index (χ1n) is 5.94. The van der Waals surface area contributed by atoms with Crippen LogP contribution < -0.4 is 5.32 Å². The highest BCUT2D eigenvalue weighted by molar-refractivity contribution is 5.77. The predicted molar refractivity (Wildman–Crippen MR) is 68.8 cm³/mol. The van der Waals surface area contributed by atoms with E-state index in [1.807, 2.05) is 0 Å². The van der Waals surface area contributed by atoms with Gasteiger partial charge in [-0.05, 0) is 38.6 Å². The molecule has 6 heteroatoms. The van der Waals surface area contributed by atoms with Crippen molar-refractivity contribution in [3.63, 3.8) is 0 Å². The molecule has 0 heterocycles. The molecular weight excluding hydrogens is 250 g/mol. The number of phenolic OH excluding ortho intramolecular Hbond substituents is 2. The topological polar surface area (TPSA) is 99.0 Å². The number of esters is 1. The number of carbonyl (C=O) groups excluding carboxylic acids is 1. The molecular formula is C13H19NO5. The SMILES string of the molecule is CN[C@H](C(=O)OC(C)C)C(O)c1ccc(O)c(O)c1. The molecule has 4 N–H and O–H groups in total. The van der Waals surface area contributed by atoms with Gasteiger partial charge in [-0.15, -0.1) is 0 Å². The highest BCUT2D eigenvalue weighted by Gasteiger charge is 2.29. The van der Waals surface area contributed by atoms with Gasteiger partial charge in [0.05, 0.1) is 6.10 Å². The standard InChI is InChI=1S/C13H19NO5/c1-7(2)19-13(18)11(14-3)12(17)8-4-5-9(15)10(16)6-8/h4-7,11-12,14-17H,1-3H3/t11-,12?/m0/s1. The molecule has 1 unspecified atom stereocenters. The maximum absolute atomic E-state index is 11.8. The molecule has 0 saturated heterocycles. The van der Waals surface area contributed by atoms with Crippen LogP contribution >= 0.6 is 0 Å². The fourth-order valence-corrected chi connectivity index (χ4v) is 1.63. The van der Waals surface area contributed by atoms with Gasteiger partial charge in [0.2, 0.25) is 0 Å². The van der Waals surface area contributed by atoms with Crippen molar-refractivity contribution in [1.82, 2.24) is 5.32 Å². The van der Waals surface area contributed by atoms with E-state index in [0.717, 1.165) is 0 Å². The Morgan fingerprint density at radius 1 is 1.26 bits per heavy atom. The van der Waals surface area contributed by atoms with Crippen molar-refractivity contribution in [1.29, 1.82) is 0 Å². The lowest BCUT2D eigenvalue weighted by Crippen LogP contribution is -2.41. The fraction of sp³-hybridized carbons (Fsp3) is 0.462. The van der Waals surface area contributed by atoms with E-state index in [4.69, 9.17) is 4.74 Å². The van der Waals surface area contributed by atoms with Gasteiger partial charge < -0.3 is 25.4 Å². The molecule has 6 nitrogen and oxygen atoms in total. The van der Waals surface area contributed by atoms with E-state index >= 15 is 0 Å². The molecule has 106 valence electrons. The van der Waals surface area contributed by atoms with E-state index in [9.17, 15) is 20.1 Å². The van der Waals surface area contributed by atoms with Gasteiger partial charge in [-0.3, -0.25) is 4.79 Å². The Bertz CT molecular complexity index is 447. The summed E-state index contributed by atoms with van der Waals surface area (Å²) in [6, 6.07) is 2.92. The Morgan fingerprint density at radius 3 is 2.37 bits per heavy atom. The molecule has 0 aliphatic carbocycles. The molecule has 1 aromatic rings. The van der Waals surface area contributed by atoms with Crippen LogP contribution in [0.2, 0.25) is 0 Å². The summed E-state index contributed by atoms with van der Waals surface area (Å²) in [4.78, 5) is 11.8. The second kappa shape index (κ2) is 6.40. The number of benzene rings is 1. The fourth-order valence-electron chi connectivity index (χ4n) is 1.63. The molecule has 0 aliphatic rings. The molecule has 19 heavy (non-hydrogen) atoms. The number of phenols is 2. The zero-order valence-electron chi connectivity index (χ0n) is 11.1. The third kappa shape index (κ3) is 3.84. The second-order valence-corrected chi connectivity index (χ2v) is 4.44. The van der Waals surface area contributed by atoms with Crippen molar-refractivity contribution in [2.75, 3.05) is 7.05 Å². The first-order chi connectivity index (χ1) is 8.86. The number of ether oxygens (including phenoxy) is 1. The minimum Gasteiger partial charge on any atom is -0.504 e. The lowest BCUT2D eigenvalue weighted by atomic mass is 10.0. The summed E-state index contributed by atoms with van der Waals surface area (Å²) in [7, 11) is 1.52. The van der Waals surface area contributed by atoms with Crippen LogP contribution in [-0.2, 0) is 9.53 Å². The Hall–Kier alpha value is -1.79. The number of hydrogen-bond donors (Lipinski definition) is 4. The number of hydrogen-bond acceptors (Lipinski definition) is 6. The minimum absolute atomic E-state index is 0.288. The lowest BCUT2D eigenvalue weighted by Gasteiger charge is -2.22. The molecule has 0 aliphatic heterocycles. The van der Waals surface area contributed by atoms with Crippen LogP contribution in [0.4, 0.5) is 0 Å². The summed E-state index contributed by atoms with van der Waals surface area (Å²) in [5.74, 6) is -1.23. The normalized spacial score (nSPS) is 14.2. The van der Waals surface area contributed by atoms with Crippen LogP contribution in [0.1, 0.15) is 25.5 Å². The summed E-state index contributed by atoms with van der Waals surface area (Å²) < 4.78 is 5.03. The lowest BCUT2D eigenvalue weighted by molar-refractivity contribution is -0.153. The summed E-state index contributed by atoms with van der Waals surface area (Å²) >= 11 is 0. The smallest absolute Gasteiger partial charge is 0.326 e. The van der Waals surface area contributed by atoms with Gasteiger partial charge in [-0.2, -0.15) is 0 Å². The molecule has 0 aromatic heterocycles. The molecule has 1 rings (SSSR count). The number of aliphatic hydroxyl groups excluding tert-OH is 1. The molecule has 1 aromatic carbocycles. The highest BCUT2D eigenvalue weighted by Crippen LogP contribution is 2.29. The highest BCUT2D eigenvalue weighted by atomic mass is 16.5. The van der Waals surface area contributed by atoms with Gasteiger partial charge in [0, 0.05) is 0 Å². The molecule has 0 amide bonds. The average molecular weight is 269 g/mol. The summed E-state index contributed by atoms with van der Waals surface area (Å²) in [6.07, 6.45) is -1.48. The van der Waals surface area contributed by atoms with E-state index in [0.29, 0.717) is 5.56 Å². The van der Waals surface area contributed by atoms with Gasteiger partial charge in [0.1, 0.15) is 12.1 Å². The Morgan fingerprint density at radius 2 is 1.89 bits per heavy atom. The van der Waals surface area contributed by atoms with Gasteiger partial charge in [0.25, 0.3) is 0 Å². The van der Waals surface area contributed by atoms with E-state index in [1.54, 1.807) is 13.8 Å². The van der Waals surface area contributed by atoms with Crippen LogP contribution in [0.5, 0.6) is 11.5 Å². The number of aliphatic hydroxyl groups is 1. The van der Waals surface area contributed by atoms with E-state index in [-0.39, 0.29) is 17.6 Å². The zero-order chi connectivity index (χ0) is 14.6. The van der Waals surface area contributed by atoms with E-state index < -0.39 is 18.1 Å². The first kappa shape index (κ1) is 15.3. The Kier molecular flexibility index (Phi) is 5.14. The van der Waals surface area contributed by atoms with Crippen LogP contribution in [0, 0.1) is 0 Å². The van der Waals surface area contributed by atoms with Crippen LogP contribution in [0.25, 0.3) is 0 Å². The quantitative estimate of drug-likeness (QED) is 0.463. The predicted octanol–water partition coefficient (Wildman–Crippen LogP) is 0.671. The maximum atomic E-state index is 11.8. The molecule has 0 bridgehead atoms. The van der Waals surface area contributed by atoms with Crippen molar-refractivity contribution >= 4 is 5.97 Å². The molecule has 2 atom stereocenters. The van der Waals surface area contributed by atoms with Gasteiger partial charge in [-0.1, -0.05) is 6.07 Å². The Balaban J connectivity index is 2.91. The minimum atomic E-state index is -1.19. The zero-order valence-corrected chi connectivity index (χ0v) is 11.1. The van der Waals surface area contributed by atoms with Crippen molar-refractivity contribution in [2.45, 2.75) is 32.1 Å². The van der Waals surface area contributed by atoms with Crippen molar-refractivity contribution in [3.05, 3.63) is 23.8 Å². The van der Waals surface area contributed by atoms with Crippen LogP contribution in [0.15, 0.2) is 18.2 Å². The molecule has 0 saturated carbocycles. The summed E-state index contributed by atoms with van der Waals surface area (Å²) in [6.45, 7) is 3.42. The number of carbonyl (C=O) groups is 1. The third-order valence-electron chi connectivity index (χ3n) is 2.57. The van der Waals surface area contributed by atoms with Crippen molar-refractivity contribution in [3.8, 4) is 11.5 Å². The van der Waals surface area contributed by atoms with Crippen LogP contribution in [0.3, 0.4) is 0 Å². The van der Waals surface area contributed by atoms with E-state index in [2.05, 4.69) is 5.32 Å². The maximum Gasteiger partial charge on any atom is 0.326 e.